The maximum atomic E-state index is 2.70. The van der Waals surface area contributed by atoms with E-state index in [2.05, 4.69) is 148 Å². The molecule has 0 spiro atoms. The lowest BCUT2D eigenvalue weighted by molar-refractivity contribution is 1.67. The Bertz CT molecular complexity index is 938. The summed E-state index contributed by atoms with van der Waals surface area (Å²) in [6, 6.07) is 45.7. The summed E-state index contributed by atoms with van der Waals surface area (Å²) in [5.41, 5.74) is 0. The zero-order valence-electron chi connectivity index (χ0n) is 19.0. The number of rotatable bonds is 6. The van der Waals surface area contributed by atoms with Crippen LogP contribution >= 0.6 is 0 Å². The summed E-state index contributed by atoms with van der Waals surface area (Å²) in [4.78, 5) is 0. The monoisotopic (exact) mass is 452 g/mol. The minimum Gasteiger partial charge on any atom is -0.0719 e. The first-order valence-electron chi connectivity index (χ1n) is 11.1. The van der Waals surface area contributed by atoms with Crippen molar-refractivity contribution in [1.82, 2.24) is 0 Å². The van der Waals surface area contributed by atoms with E-state index in [1.165, 1.54) is 0 Å². The van der Waals surface area contributed by atoms with Crippen molar-refractivity contribution in [3.05, 3.63) is 121 Å². The van der Waals surface area contributed by atoms with Crippen LogP contribution in [-0.4, -0.2) is 22.3 Å². The maximum absolute atomic E-state index is 2.70. The lowest BCUT2D eigenvalue weighted by atomic mass is 10.4. The lowest BCUT2D eigenvalue weighted by Crippen LogP contribution is -2.87. The molecule has 4 aromatic carbocycles. The molecule has 0 saturated heterocycles. The fraction of sp³-hybridized carbons (Fsp3) is 0.143. The van der Waals surface area contributed by atoms with E-state index >= 15 is 0 Å². The average molecular weight is 453 g/mol. The van der Waals surface area contributed by atoms with Crippen LogP contribution in [0.4, 0.5) is 0 Å². The van der Waals surface area contributed by atoms with Crippen LogP contribution in [0.5, 0.6) is 0 Å². The van der Waals surface area contributed by atoms with E-state index in [9.17, 15) is 0 Å². The van der Waals surface area contributed by atoms with Crippen molar-refractivity contribution in [2.75, 3.05) is 0 Å². The molecule has 0 aliphatic carbocycles. The maximum Gasteiger partial charge on any atom is 0.106 e. The average Bonchev–Trinajstić information content (AvgIpc) is 2.85. The molecule has 0 heterocycles. The molecule has 0 aliphatic heterocycles. The molecule has 0 atom stereocenters. The zero-order valence-corrected chi connectivity index (χ0v) is 22.0. The van der Waals surface area contributed by atoms with Crippen molar-refractivity contribution >= 4 is 43.0 Å². The van der Waals surface area contributed by atoms with Gasteiger partial charge in [-0.05, 0) is 0 Å². The van der Waals surface area contributed by atoms with Gasteiger partial charge in [0.25, 0.3) is 0 Å². The summed E-state index contributed by atoms with van der Waals surface area (Å²) in [6.07, 6.45) is 0. The molecule has 4 aromatic rings. The molecule has 0 saturated carbocycles. The molecule has 0 amide bonds. The van der Waals surface area contributed by atoms with Gasteiger partial charge in [0.05, 0.1) is 7.11 Å². The van der Waals surface area contributed by atoms with Crippen LogP contribution in [0.3, 0.4) is 0 Å². The van der Waals surface area contributed by atoms with Gasteiger partial charge in [-0.25, -0.2) is 0 Å². The van der Waals surface area contributed by atoms with E-state index in [1.807, 2.05) is 0 Å². The summed E-state index contributed by atoms with van der Waals surface area (Å²) in [5.74, 6) is 0. The van der Waals surface area contributed by atoms with Gasteiger partial charge < -0.3 is 0 Å². The molecule has 156 valence electrons. The summed E-state index contributed by atoms with van der Waals surface area (Å²) >= 11 is 0. The predicted molar refractivity (Wildman–Crippen MR) is 145 cm³/mol. The second kappa shape index (κ2) is 8.58. The van der Waals surface area contributed by atoms with Crippen molar-refractivity contribution < 1.29 is 0 Å². The Morgan fingerprint density at radius 3 is 0.710 bits per heavy atom. The van der Waals surface area contributed by atoms with Gasteiger partial charge in [0.1, 0.15) is 15.2 Å². The van der Waals surface area contributed by atoms with Crippen LogP contribution in [0.25, 0.3) is 0 Å². The highest BCUT2D eigenvalue weighted by molar-refractivity contribution is 7.77. The van der Waals surface area contributed by atoms with E-state index in [0.29, 0.717) is 0 Å². The molecular formula is C28H32Si3. The van der Waals surface area contributed by atoms with Crippen LogP contribution in [0, 0.1) is 0 Å². The van der Waals surface area contributed by atoms with Gasteiger partial charge >= 0.3 is 0 Å². The SMILES string of the molecule is C[Si](c1ccccc1)(c1ccccc1)[Si](C)(C)[Si](C)(c1ccccc1)c1ccccc1. The molecule has 31 heavy (non-hydrogen) atoms. The quantitative estimate of drug-likeness (QED) is 0.374. The molecule has 4 rings (SSSR count). The van der Waals surface area contributed by atoms with Gasteiger partial charge in [-0.3, -0.25) is 0 Å². The number of benzene rings is 4. The van der Waals surface area contributed by atoms with Crippen molar-refractivity contribution in [3.63, 3.8) is 0 Å². The molecule has 0 aromatic heterocycles. The molecule has 3 heteroatoms. The summed E-state index contributed by atoms with van der Waals surface area (Å²) in [7, 11) is -5.96. The van der Waals surface area contributed by atoms with E-state index in [-0.39, 0.29) is 0 Å². The first kappa shape index (κ1) is 21.8. The largest absolute Gasteiger partial charge is 0.106 e. The Morgan fingerprint density at radius 2 is 0.516 bits per heavy atom. The molecule has 0 N–H and O–H groups in total. The third kappa shape index (κ3) is 3.51. The molecule has 0 fully saturated rings. The van der Waals surface area contributed by atoms with Crippen molar-refractivity contribution in [3.8, 4) is 0 Å². The van der Waals surface area contributed by atoms with Gasteiger partial charge in [-0.15, -0.1) is 0 Å². The normalized spacial score (nSPS) is 12.5. The van der Waals surface area contributed by atoms with Crippen molar-refractivity contribution in [1.29, 1.82) is 0 Å². The second-order valence-corrected chi connectivity index (χ2v) is 34.4. The summed E-state index contributed by atoms with van der Waals surface area (Å²) in [6.45, 7) is 10.7. The highest BCUT2D eigenvalue weighted by Gasteiger charge is 2.59. The third-order valence-electron chi connectivity index (χ3n) is 7.90. The zero-order chi connectivity index (χ0) is 22.0. The first-order valence-corrected chi connectivity index (χ1v) is 21.1. The molecule has 0 aliphatic rings. The minimum absolute atomic E-state index is 1.57. The van der Waals surface area contributed by atoms with E-state index in [4.69, 9.17) is 0 Å². The fourth-order valence-electron chi connectivity index (χ4n) is 5.36. The number of hydrogen-bond acceptors (Lipinski definition) is 0. The Balaban J connectivity index is 2.05. The van der Waals surface area contributed by atoms with Gasteiger partial charge in [0.2, 0.25) is 0 Å². The standard InChI is InChI=1S/C28H32Si3/c1-29(2,30(3,25-17-9-5-10-18-25)26-19-11-6-12-20-26)31(4,27-21-13-7-14-22-27)28-23-15-8-16-24-28/h5-24H,1-4H3. The van der Waals surface area contributed by atoms with Gasteiger partial charge in [-0.1, -0.05) is 168 Å². The smallest absolute Gasteiger partial charge is 0.0719 e. The molecule has 0 bridgehead atoms. The minimum atomic E-state index is -2.03. The molecule has 0 unspecified atom stereocenters. The summed E-state index contributed by atoms with van der Waals surface area (Å²) < 4.78 is 0. The molecular weight excluding hydrogens is 421 g/mol. The van der Waals surface area contributed by atoms with Gasteiger partial charge in [0, 0.05) is 0 Å². The van der Waals surface area contributed by atoms with Crippen LogP contribution < -0.4 is 20.7 Å². The Hall–Kier alpha value is -2.47. The van der Waals surface area contributed by atoms with E-state index in [0.717, 1.165) is 0 Å². The Morgan fingerprint density at radius 1 is 0.323 bits per heavy atom. The highest BCUT2D eigenvalue weighted by atomic mass is 29.6. The van der Waals surface area contributed by atoms with Crippen LogP contribution in [0.2, 0.25) is 26.2 Å². The van der Waals surface area contributed by atoms with E-state index < -0.39 is 22.3 Å². The van der Waals surface area contributed by atoms with Crippen LogP contribution in [0.1, 0.15) is 0 Å². The van der Waals surface area contributed by atoms with E-state index in [1.54, 1.807) is 20.7 Å². The first-order chi connectivity index (χ1) is 14.9. The second-order valence-electron chi connectivity index (χ2n) is 9.34. The predicted octanol–water partition coefficient (Wildman–Crippen LogP) is 4.64. The van der Waals surface area contributed by atoms with Crippen molar-refractivity contribution in [2.24, 2.45) is 0 Å². The number of hydrogen-bond donors (Lipinski definition) is 0. The molecule has 0 nitrogen and oxygen atoms in total. The topological polar surface area (TPSA) is 0 Å². The highest BCUT2D eigenvalue weighted by Crippen LogP contribution is 2.29. The van der Waals surface area contributed by atoms with Gasteiger partial charge in [-0.2, -0.15) is 0 Å². The molecule has 0 radical (unpaired) electrons. The van der Waals surface area contributed by atoms with Crippen LogP contribution in [-0.2, 0) is 0 Å². The van der Waals surface area contributed by atoms with Gasteiger partial charge in [0.15, 0.2) is 0 Å². The van der Waals surface area contributed by atoms with Crippen molar-refractivity contribution in [2.45, 2.75) is 26.2 Å². The lowest BCUT2D eigenvalue weighted by Gasteiger charge is -2.52. The Kier molecular flexibility index (Phi) is 6.02. The van der Waals surface area contributed by atoms with Crippen LogP contribution in [0.15, 0.2) is 121 Å². The third-order valence-corrected chi connectivity index (χ3v) is 46.3. The fourth-order valence-corrected chi connectivity index (χ4v) is 41.2. The summed E-state index contributed by atoms with van der Waals surface area (Å²) in [5, 5.41) is 6.29. The Labute approximate surface area is 190 Å².